The van der Waals surface area contributed by atoms with Gasteiger partial charge in [0.25, 0.3) is 0 Å². The monoisotopic (exact) mass is 241 g/mol. The van der Waals surface area contributed by atoms with Crippen LogP contribution in [0.2, 0.25) is 0 Å². The summed E-state index contributed by atoms with van der Waals surface area (Å²) >= 11 is 0. The molecule has 17 heavy (non-hydrogen) atoms. The highest BCUT2D eigenvalue weighted by atomic mass is 16.2. The minimum absolute atomic E-state index is 0.162. The molecule has 0 aromatic heterocycles. The van der Waals surface area contributed by atoms with Crippen LogP contribution < -0.4 is 11.1 Å². The zero-order valence-electron chi connectivity index (χ0n) is 11.2. The Labute approximate surface area is 105 Å². The van der Waals surface area contributed by atoms with E-state index in [2.05, 4.69) is 24.1 Å². The first-order valence-corrected chi connectivity index (χ1v) is 6.84. The zero-order valence-corrected chi connectivity index (χ0v) is 11.2. The van der Waals surface area contributed by atoms with E-state index in [1.54, 1.807) is 0 Å². The van der Waals surface area contributed by atoms with Crippen molar-refractivity contribution in [3.8, 4) is 0 Å². The van der Waals surface area contributed by atoms with Gasteiger partial charge in [-0.2, -0.15) is 0 Å². The number of carbonyl (C=O) groups is 1. The van der Waals surface area contributed by atoms with E-state index in [4.69, 9.17) is 5.73 Å². The highest BCUT2D eigenvalue weighted by Gasteiger charge is 2.29. The van der Waals surface area contributed by atoms with E-state index >= 15 is 0 Å². The van der Waals surface area contributed by atoms with E-state index in [1.807, 2.05) is 0 Å². The van der Waals surface area contributed by atoms with Gasteiger partial charge in [-0.05, 0) is 38.1 Å². The molecular weight excluding hydrogens is 214 g/mol. The van der Waals surface area contributed by atoms with Gasteiger partial charge in [-0.15, -0.1) is 0 Å². The summed E-state index contributed by atoms with van der Waals surface area (Å²) in [5.74, 6) is 0.807. The van der Waals surface area contributed by atoms with Gasteiger partial charge in [-0.3, -0.25) is 9.69 Å². The van der Waals surface area contributed by atoms with Crippen LogP contribution in [0.15, 0.2) is 0 Å². The highest BCUT2D eigenvalue weighted by Crippen LogP contribution is 2.26. The van der Waals surface area contributed by atoms with Crippen LogP contribution in [0.5, 0.6) is 0 Å². The molecule has 0 radical (unpaired) electrons. The van der Waals surface area contributed by atoms with Crippen molar-refractivity contribution in [2.24, 2.45) is 11.7 Å². The minimum Gasteiger partial charge on any atom is -0.355 e. The molecule has 0 bridgehead atoms. The van der Waals surface area contributed by atoms with E-state index < -0.39 is 0 Å². The van der Waals surface area contributed by atoms with Crippen molar-refractivity contribution in [3.05, 3.63) is 0 Å². The largest absolute Gasteiger partial charge is 0.355 e. The molecule has 0 atom stereocenters. The lowest BCUT2D eigenvalue weighted by atomic mass is 10.1. The standard InChI is InChI=1S/C13H27N3O/c1-11(2)6-8-15-13(17)10-16(9-3-7-14)12-4-5-12/h11-12H,3-10,14H2,1-2H3,(H,15,17). The number of amides is 1. The molecule has 4 nitrogen and oxygen atoms in total. The van der Waals surface area contributed by atoms with Gasteiger partial charge in [-0.25, -0.2) is 0 Å². The molecule has 0 aromatic rings. The van der Waals surface area contributed by atoms with Crippen molar-refractivity contribution in [2.75, 3.05) is 26.2 Å². The Morgan fingerprint density at radius 3 is 2.71 bits per heavy atom. The average Bonchev–Trinajstić information content (AvgIpc) is 3.07. The molecule has 3 N–H and O–H groups in total. The number of hydrogen-bond acceptors (Lipinski definition) is 3. The molecular formula is C13H27N3O. The van der Waals surface area contributed by atoms with Crippen LogP contribution >= 0.6 is 0 Å². The molecule has 1 fully saturated rings. The molecule has 1 amide bonds. The Kier molecular flexibility index (Phi) is 6.52. The highest BCUT2D eigenvalue weighted by molar-refractivity contribution is 5.78. The maximum atomic E-state index is 11.7. The molecule has 100 valence electrons. The van der Waals surface area contributed by atoms with E-state index in [1.165, 1.54) is 12.8 Å². The Balaban J connectivity index is 2.17. The Morgan fingerprint density at radius 1 is 1.47 bits per heavy atom. The average molecular weight is 241 g/mol. The summed E-state index contributed by atoms with van der Waals surface area (Å²) in [6.07, 6.45) is 4.52. The Hall–Kier alpha value is -0.610. The molecule has 1 rings (SSSR count). The number of nitrogens with two attached hydrogens (primary N) is 1. The first-order chi connectivity index (χ1) is 8.13. The lowest BCUT2D eigenvalue weighted by Gasteiger charge is -2.21. The number of nitrogens with zero attached hydrogens (tertiary/aromatic N) is 1. The second-order valence-corrected chi connectivity index (χ2v) is 5.38. The summed E-state index contributed by atoms with van der Waals surface area (Å²) in [6, 6.07) is 0.636. The van der Waals surface area contributed by atoms with Gasteiger partial charge in [0, 0.05) is 19.1 Å². The number of nitrogens with one attached hydrogen (secondary N) is 1. The summed E-state index contributed by atoms with van der Waals surface area (Å²) in [5, 5.41) is 2.99. The van der Waals surface area contributed by atoms with Gasteiger partial charge in [0.1, 0.15) is 0 Å². The molecule has 0 heterocycles. The molecule has 0 aromatic carbocycles. The summed E-state index contributed by atoms with van der Waals surface area (Å²) < 4.78 is 0. The van der Waals surface area contributed by atoms with E-state index in [0.29, 0.717) is 25.0 Å². The van der Waals surface area contributed by atoms with Crippen LogP contribution in [0.3, 0.4) is 0 Å². The molecule has 0 spiro atoms. The van der Waals surface area contributed by atoms with Gasteiger partial charge < -0.3 is 11.1 Å². The number of carbonyl (C=O) groups excluding carboxylic acids is 1. The van der Waals surface area contributed by atoms with E-state index in [0.717, 1.165) is 25.9 Å². The van der Waals surface area contributed by atoms with Crippen molar-refractivity contribution in [1.82, 2.24) is 10.2 Å². The molecule has 4 heteroatoms. The summed E-state index contributed by atoms with van der Waals surface area (Å²) in [5.41, 5.74) is 5.51. The SMILES string of the molecule is CC(C)CCNC(=O)CN(CCCN)C1CC1. The normalized spacial score (nSPS) is 15.6. The lowest BCUT2D eigenvalue weighted by molar-refractivity contribution is -0.122. The first kappa shape index (κ1) is 14.5. The van der Waals surface area contributed by atoms with Gasteiger partial charge in [0.2, 0.25) is 5.91 Å². The van der Waals surface area contributed by atoms with Crippen LogP contribution in [-0.4, -0.2) is 43.0 Å². The lowest BCUT2D eigenvalue weighted by Crippen LogP contribution is -2.39. The van der Waals surface area contributed by atoms with Crippen LogP contribution in [0.25, 0.3) is 0 Å². The van der Waals surface area contributed by atoms with Gasteiger partial charge in [-0.1, -0.05) is 13.8 Å². The fourth-order valence-electron chi connectivity index (χ4n) is 1.87. The van der Waals surface area contributed by atoms with Crippen molar-refractivity contribution < 1.29 is 4.79 Å². The van der Waals surface area contributed by atoms with E-state index in [-0.39, 0.29) is 5.91 Å². The predicted octanol–water partition coefficient (Wildman–Crippen LogP) is 0.962. The quantitative estimate of drug-likeness (QED) is 0.632. The topological polar surface area (TPSA) is 58.4 Å². The second kappa shape index (κ2) is 7.67. The predicted molar refractivity (Wildman–Crippen MR) is 70.7 cm³/mol. The van der Waals surface area contributed by atoms with Gasteiger partial charge in [0.05, 0.1) is 6.54 Å². The minimum atomic E-state index is 0.162. The third-order valence-electron chi connectivity index (χ3n) is 3.10. The molecule has 0 saturated heterocycles. The van der Waals surface area contributed by atoms with Crippen molar-refractivity contribution in [3.63, 3.8) is 0 Å². The Bertz CT molecular complexity index is 227. The molecule has 1 aliphatic carbocycles. The van der Waals surface area contributed by atoms with Crippen LogP contribution in [0, 0.1) is 5.92 Å². The van der Waals surface area contributed by atoms with Crippen LogP contribution in [-0.2, 0) is 4.79 Å². The summed E-state index contributed by atoms with van der Waals surface area (Å²) in [7, 11) is 0. The maximum Gasteiger partial charge on any atom is 0.234 e. The third kappa shape index (κ3) is 6.64. The number of rotatable bonds is 9. The van der Waals surface area contributed by atoms with Crippen molar-refractivity contribution in [2.45, 2.75) is 45.6 Å². The Morgan fingerprint density at radius 2 is 2.18 bits per heavy atom. The molecule has 0 aliphatic heterocycles. The fourth-order valence-corrected chi connectivity index (χ4v) is 1.87. The van der Waals surface area contributed by atoms with Crippen molar-refractivity contribution >= 4 is 5.91 Å². The fraction of sp³-hybridized carbons (Fsp3) is 0.923. The van der Waals surface area contributed by atoms with Gasteiger partial charge in [0.15, 0.2) is 0 Å². The maximum absolute atomic E-state index is 11.7. The molecule has 0 unspecified atom stereocenters. The van der Waals surface area contributed by atoms with Gasteiger partial charge >= 0.3 is 0 Å². The molecule has 1 saturated carbocycles. The zero-order chi connectivity index (χ0) is 12.7. The first-order valence-electron chi connectivity index (χ1n) is 6.84. The summed E-state index contributed by atoms with van der Waals surface area (Å²) in [6.45, 7) is 7.35. The smallest absolute Gasteiger partial charge is 0.234 e. The molecule has 1 aliphatic rings. The summed E-state index contributed by atoms with van der Waals surface area (Å²) in [4.78, 5) is 14.0. The van der Waals surface area contributed by atoms with E-state index in [9.17, 15) is 4.79 Å². The third-order valence-corrected chi connectivity index (χ3v) is 3.10. The number of hydrogen-bond donors (Lipinski definition) is 2. The van der Waals surface area contributed by atoms with Crippen LogP contribution in [0.4, 0.5) is 0 Å². The van der Waals surface area contributed by atoms with Crippen LogP contribution in [0.1, 0.15) is 39.5 Å². The second-order valence-electron chi connectivity index (χ2n) is 5.38. The van der Waals surface area contributed by atoms with Crippen molar-refractivity contribution in [1.29, 1.82) is 0 Å².